The molecule has 658 valence electrons. The van der Waals surface area contributed by atoms with E-state index in [1.807, 2.05) is 251 Å². The summed E-state index contributed by atoms with van der Waals surface area (Å²) >= 11 is 12.7. The van der Waals surface area contributed by atoms with Crippen LogP contribution >= 0.6 is 94.1 Å². The number of carbonyl (C=O) groups excluding carboxylic acids is 7. The van der Waals surface area contributed by atoms with Crippen molar-refractivity contribution in [2.24, 2.45) is 0 Å². The second kappa shape index (κ2) is 72.5. The summed E-state index contributed by atoms with van der Waals surface area (Å²) in [5.74, 6) is 6.55. The number of methoxy groups -OCH3 is 2. The highest BCUT2D eigenvalue weighted by atomic mass is 32.2. The van der Waals surface area contributed by atoms with E-state index in [4.69, 9.17) is 13.9 Å². The predicted molar refractivity (Wildman–Crippen MR) is 519 cm³/mol. The second-order valence-corrected chi connectivity index (χ2v) is 42.1. The zero-order valence-electron chi connectivity index (χ0n) is 72.9. The minimum Gasteiger partial charge on any atom is -0.465 e. The number of carbonyl (C=O) groups is 7. The molecule has 8 aromatic rings. The number of benzene rings is 7. The monoisotopic (exact) mass is 1810 g/mol. The Morgan fingerprint density at radius 1 is 0.400 bits per heavy atom. The molecule has 1 aromatic heterocycles. The third kappa shape index (κ3) is 63.0. The van der Waals surface area contributed by atoms with Crippen LogP contribution < -0.4 is 37.2 Å². The summed E-state index contributed by atoms with van der Waals surface area (Å²) < 4.78 is 15.4. The number of thioether (sulfide) groups is 8. The fourth-order valence-electron chi connectivity index (χ4n) is 9.95. The van der Waals surface area contributed by atoms with Gasteiger partial charge in [0.15, 0.2) is 0 Å². The first-order valence-corrected chi connectivity index (χ1v) is 52.9. The number of hydrogen-bond donors (Lipinski definition) is 7. The van der Waals surface area contributed by atoms with Crippen molar-refractivity contribution in [3.8, 4) is 0 Å². The molecule has 0 saturated carbocycles. The Kier molecular flexibility index (Phi) is 65.9. The highest BCUT2D eigenvalue weighted by molar-refractivity contribution is 8.01. The maximum Gasteiger partial charge on any atom is 0.230 e. The fraction of sp³-hybridized carbons (Fsp3) is 0.430. The molecule has 7 amide bonds. The van der Waals surface area contributed by atoms with E-state index in [0.29, 0.717) is 60.0 Å². The molecule has 0 saturated heterocycles. The van der Waals surface area contributed by atoms with Crippen LogP contribution in [-0.2, 0) is 49.6 Å². The molecule has 2 unspecified atom stereocenters. The van der Waals surface area contributed by atoms with Gasteiger partial charge in [-0.15, -0.1) is 82.3 Å². The van der Waals surface area contributed by atoms with Gasteiger partial charge in [-0.2, -0.15) is 11.8 Å². The molecule has 0 bridgehead atoms. The molecular weight excluding hydrogens is 1670 g/mol. The topological polar surface area (TPSA) is 239 Å². The normalized spacial score (nSPS) is 11.2. The maximum atomic E-state index is 11.9. The average Bonchev–Trinajstić information content (AvgIpc) is 1.75. The number of rotatable bonds is 47. The lowest BCUT2D eigenvalue weighted by molar-refractivity contribution is -0.120. The Hall–Kier alpha value is -6.99. The second-order valence-electron chi connectivity index (χ2n) is 28.3. The lowest BCUT2D eigenvalue weighted by Gasteiger charge is -2.19. The van der Waals surface area contributed by atoms with Gasteiger partial charge in [0, 0.05) is 85.6 Å². The molecule has 0 aliphatic carbocycles. The number of nitrogens with one attached hydrogen (secondary N) is 7. The van der Waals surface area contributed by atoms with E-state index in [0.717, 1.165) is 116 Å². The molecule has 8 rings (SSSR count). The maximum absolute atomic E-state index is 11.9. The third-order valence-corrected chi connectivity index (χ3v) is 25.2. The zero-order chi connectivity index (χ0) is 87.9. The predicted octanol–water partition coefficient (Wildman–Crippen LogP) is 19.2. The quantitative estimate of drug-likeness (QED) is 0.0107. The largest absolute Gasteiger partial charge is 0.465 e. The summed E-state index contributed by atoms with van der Waals surface area (Å²) in [7, 11) is 2.10. The summed E-state index contributed by atoms with van der Waals surface area (Å²) in [5.41, 5.74) is 0. The lowest BCUT2D eigenvalue weighted by Crippen LogP contribution is -2.40. The first-order chi connectivity index (χ1) is 58.0. The van der Waals surface area contributed by atoms with Gasteiger partial charge in [0.1, 0.15) is 11.5 Å². The molecular formula is C93H134N8O10S8Si. The highest BCUT2D eigenvalue weighted by Crippen LogP contribution is 2.22. The SMILES string of the molecule is CCC(COC)NC(=O)CSc1ccccc1.CCCCCCNC(=O)CSc1ccccc1.CCN(CC)CCCC(C)NC(=O)CSc1ccccc1.COC[C@H](C)NC(=O)CSc1ccccc1.CSCCNC(=O)CSc1ccccc1.C[Si](C)(C)CNC(=O)CSc1ccccc1.Cc1ccc(CNC(=O)CSc2ccccc2)o1. The fourth-order valence-corrected chi connectivity index (χ4v) is 16.2. The lowest BCUT2D eigenvalue weighted by atomic mass is 10.2. The van der Waals surface area contributed by atoms with Gasteiger partial charge < -0.3 is 56.0 Å². The van der Waals surface area contributed by atoms with E-state index < -0.39 is 8.07 Å². The Morgan fingerprint density at radius 2 is 0.742 bits per heavy atom. The summed E-state index contributed by atoms with van der Waals surface area (Å²) in [6.07, 6.45) is 10.7. The van der Waals surface area contributed by atoms with Gasteiger partial charge in [0.25, 0.3) is 0 Å². The molecule has 120 heavy (non-hydrogen) atoms. The van der Waals surface area contributed by atoms with Crippen molar-refractivity contribution in [2.45, 2.75) is 172 Å². The standard InChI is InChI=1S/C17H28N2OS.C14H15NO2S.C14H21NOS.C13H19NO2S.C12H17NO2S.C12H19NOSSi.C11H15NOS2/c1-4-19(5-2)13-9-10-15(3)18-17(20)14-21-16-11-7-6-8-12-16;1-11-7-8-12(17-11)9-15-14(16)10-18-13-5-3-2-4-6-13;1-2-3-4-8-11-15-14(16)12-17-13-9-6-5-7-10-13;1-3-11(9-16-2)14-13(15)10-17-12-7-5-4-6-8-12;1-10(8-15-2)13-12(14)9-16-11-6-4-3-5-7-11;1-16(2,3)10-13-12(14)9-15-11-7-5-4-6-8-11;1-14-8-7-12-11(13)9-15-10-5-3-2-4-6-10/h6-8,11-12,15H,4-5,9-10,13-14H2,1-3H3,(H,18,20);2-8H,9-10H2,1H3,(H,15,16);5-7,9-10H,2-4,8,11-12H2,1H3,(H,15,16);4-8,11H,3,9-10H2,1-2H3,(H,14,15);3-7,10H,8-9H2,1-2H3,(H,13,14);4-8H,9-10H2,1-3H3,(H,13,14);2-6H,7-9H2,1H3,(H,12,13)/t;;;;10-;;/m....0../s1. The van der Waals surface area contributed by atoms with Gasteiger partial charge in [-0.25, -0.2) is 0 Å². The first-order valence-electron chi connectivity index (χ1n) is 40.9. The van der Waals surface area contributed by atoms with Crippen LogP contribution in [0.2, 0.25) is 19.6 Å². The summed E-state index contributed by atoms with van der Waals surface area (Å²) in [6.45, 7) is 27.7. The van der Waals surface area contributed by atoms with Crippen LogP contribution in [0.4, 0.5) is 0 Å². The van der Waals surface area contributed by atoms with Crippen molar-refractivity contribution in [1.82, 2.24) is 42.1 Å². The highest BCUT2D eigenvalue weighted by Gasteiger charge is 2.16. The van der Waals surface area contributed by atoms with Gasteiger partial charge in [0.05, 0.1) is 74.1 Å². The molecule has 0 radical (unpaired) electrons. The van der Waals surface area contributed by atoms with Crippen molar-refractivity contribution >= 4 is 144 Å². The number of nitrogens with zero attached hydrogens (tertiary/aromatic N) is 1. The number of aryl methyl sites for hydroxylation is 1. The molecule has 7 N–H and O–H groups in total. The molecule has 1 heterocycles. The minimum atomic E-state index is -1.17. The molecule has 0 spiro atoms. The van der Waals surface area contributed by atoms with Crippen LogP contribution in [-0.4, -0.2) is 191 Å². The smallest absolute Gasteiger partial charge is 0.230 e. The molecule has 27 heteroatoms. The van der Waals surface area contributed by atoms with Gasteiger partial charge in [-0.05, 0) is 169 Å². The third-order valence-electron chi connectivity index (χ3n) is 16.3. The van der Waals surface area contributed by atoms with Crippen molar-refractivity contribution < 1.29 is 47.5 Å². The van der Waals surface area contributed by atoms with Crippen LogP contribution in [0.1, 0.15) is 98.0 Å². The van der Waals surface area contributed by atoms with Crippen molar-refractivity contribution in [3.05, 3.63) is 236 Å². The van der Waals surface area contributed by atoms with E-state index in [1.54, 1.807) is 84.8 Å². The van der Waals surface area contributed by atoms with Gasteiger partial charge in [0.2, 0.25) is 41.4 Å². The molecule has 3 atom stereocenters. The Bertz CT molecular complexity index is 3890. The molecule has 7 aromatic carbocycles. The first kappa shape index (κ1) is 109. The van der Waals surface area contributed by atoms with E-state index in [-0.39, 0.29) is 59.5 Å². The zero-order valence-corrected chi connectivity index (χ0v) is 80.4. The molecule has 18 nitrogen and oxygen atoms in total. The number of hydrogen-bond acceptors (Lipinski definition) is 19. The summed E-state index contributed by atoms with van der Waals surface area (Å²) in [5, 5.41) is 20.6. The van der Waals surface area contributed by atoms with E-state index in [2.05, 4.69) is 89.5 Å². The van der Waals surface area contributed by atoms with Crippen molar-refractivity contribution in [2.75, 3.05) is 119 Å². The molecule has 0 aliphatic rings. The van der Waals surface area contributed by atoms with Crippen molar-refractivity contribution in [3.63, 3.8) is 0 Å². The number of ether oxygens (including phenoxy) is 2. The summed E-state index contributed by atoms with van der Waals surface area (Å²) in [4.78, 5) is 91.4. The minimum absolute atomic E-state index is 0.0120. The van der Waals surface area contributed by atoms with Crippen LogP contribution in [0.25, 0.3) is 0 Å². The Morgan fingerprint density at radius 3 is 1.07 bits per heavy atom. The van der Waals surface area contributed by atoms with Gasteiger partial charge in [-0.1, -0.05) is 194 Å². The average molecular weight is 1810 g/mol. The van der Waals surface area contributed by atoms with E-state index in [9.17, 15) is 33.6 Å². The van der Waals surface area contributed by atoms with Gasteiger partial charge in [-0.3, -0.25) is 33.6 Å². The molecule has 0 fully saturated rings. The van der Waals surface area contributed by atoms with Gasteiger partial charge >= 0.3 is 0 Å². The van der Waals surface area contributed by atoms with Crippen molar-refractivity contribution in [1.29, 1.82) is 0 Å². The number of furan rings is 1. The van der Waals surface area contributed by atoms with E-state index in [1.165, 1.54) is 42.8 Å². The van der Waals surface area contributed by atoms with Crippen LogP contribution in [0, 0.1) is 6.92 Å². The number of unbranched alkanes of at least 4 members (excludes halogenated alkanes) is 3. The van der Waals surface area contributed by atoms with Crippen LogP contribution in [0.3, 0.4) is 0 Å². The Labute approximate surface area is 753 Å². The Balaban J connectivity index is 0.000000476. The summed E-state index contributed by atoms with van der Waals surface area (Å²) in [6, 6.07) is 73.9. The van der Waals surface area contributed by atoms with E-state index >= 15 is 0 Å². The van der Waals surface area contributed by atoms with Crippen LogP contribution in [0.15, 0.2) is 263 Å². The van der Waals surface area contributed by atoms with Crippen LogP contribution in [0.5, 0.6) is 0 Å². The number of amides is 7. The molecule has 0 aliphatic heterocycles.